The van der Waals surface area contributed by atoms with Gasteiger partial charge in [0.25, 0.3) is 0 Å². The number of nitrogens with one attached hydrogen (secondary N) is 1. The number of para-hydroxylation sites is 1. The van der Waals surface area contributed by atoms with E-state index in [0.717, 1.165) is 28.9 Å². The van der Waals surface area contributed by atoms with Gasteiger partial charge in [-0.15, -0.1) is 0 Å². The van der Waals surface area contributed by atoms with Gasteiger partial charge in [0.1, 0.15) is 0 Å². The summed E-state index contributed by atoms with van der Waals surface area (Å²) < 4.78 is 5.19. The van der Waals surface area contributed by atoms with E-state index in [1.165, 1.54) is 0 Å². The highest BCUT2D eigenvalue weighted by molar-refractivity contribution is 5.76. The minimum atomic E-state index is -0.0454. The second-order valence-corrected chi connectivity index (χ2v) is 8.22. The summed E-state index contributed by atoms with van der Waals surface area (Å²) in [5.74, 6) is 0.605. The van der Waals surface area contributed by atoms with Crippen LogP contribution in [-0.2, 0) is 13.1 Å². The van der Waals surface area contributed by atoms with Crippen molar-refractivity contribution in [2.45, 2.75) is 39.0 Å². The number of benzene rings is 2. The Morgan fingerprint density at radius 2 is 1.78 bits per heavy atom. The zero-order chi connectivity index (χ0) is 22.5. The standard InChI is InChI=1S/C26H30N4O2/c1-19-17-29(18-22-13-14-25(32-3)27-16-22)24-12-8-7-11-23(24)20(2)30(19)26(31)28-15-21-9-5-4-6-10-21/h4-14,16,19-20H,15,17-18H2,1-3H3,(H,28,31)/t19-,20+/m1/s1. The summed E-state index contributed by atoms with van der Waals surface area (Å²) in [6.45, 7) is 6.18. The number of aromatic nitrogens is 1. The van der Waals surface area contributed by atoms with Crippen LogP contribution in [0.5, 0.6) is 5.88 Å². The number of rotatable bonds is 5. The minimum absolute atomic E-state index is 0.0272. The smallest absolute Gasteiger partial charge is 0.318 e. The van der Waals surface area contributed by atoms with Crippen molar-refractivity contribution in [2.24, 2.45) is 0 Å². The molecule has 0 radical (unpaired) electrons. The van der Waals surface area contributed by atoms with Gasteiger partial charge in [-0.1, -0.05) is 54.6 Å². The Kier molecular flexibility index (Phi) is 6.59. The van der Waals surface area contributed by atoms with Gasteiger partial charge in [0, 0.05) is 43.6 Å². The zero-order valence-electron chi connectivity index (χ0n) is 18.9. The van der Waals surface area contributed by atoms with Gasteiger partial charge in [0.2, 0.25) is 5.88 Å². The number of carbonyl (C=O) groups excluding carboxylic acids is 1. The van der Waals surface area contributed by atoms with Crippen LogP contribution >= 0.6 is 0 Å². The number of carbonyl (C=O) groups is 1. The summed E-state index contributed by atoms with van der Waals surface area (Å²) in [6.07, 6.45) is 1.85. The summed E-state index contributed by atoms with van der Waals surface area (Å²) in [5, 5.41) is 3.11. The summed E-state index contributed by atoms with van der Waals surface area (Å²) in [7, 11) is 1.62. The Morgan fingerprint density at radius 3 is 2.50 bits per heavy atom. The zero-order valence-corrected chi connectivity index (χ0v) is 18.9. The molecule has 0 saturated heterocycles. The van der Waals surface area contributed by atoms with Gasteiger partial charge in [0.05, 0.1) is 13.2 Å². The predicted octanol–water partition coefficient (Wildman–Crippen LogP) is 4.77. The monoisotopic (exact) mass is 430 g/mol. The molecule has 0 spiro atoms. The van der Waals surface area contributed by atoms with E-state index in [-0.39, 0.29) is 18.1 Å². The van der Waals surface area contributed by atoms with Gasteiger partial charge in [-0.2, -0.15) is 0 Å². The molecule has 32 heavy (non-hydrogen) atoms. The highest BCUT2D eigenvalue weighted by Gasteiger charge is 2.33. The molecule has 2 aromatic carbocycles. The largest absolute Gasteiger partial charge is 0.481 e. The van der Waals surface area contributed by atoms with E-state index in [2.05, 4.69) is 47.2 Å². The third-order valence-electron chi connectivity index (χ3n) is 6.01. The first-order valence-corrected chi connectivity index (χ1v) is 11.0. The number of methoxy groups -OCH3 is 1. The fourth-order valence-electron chi connectivity index (χ4n) is 4.40. The van der Waals surface area contributed by atoms with Crippen LogP contribution < -0.4 is 15.0 Å². The van der Waals surface area contributed by atoms with Crippen molar-refractivity contribution in [3.63, 3.8) is 0 Å². The molecule has 3 aromatic rings. The lowest BCUT2D eigenvalue weighted by atomic mass is 10.0. The fourth-order valence-corrected chi connectivity index (χ4v) is 4.40. The Balaban J connectivity index is 1.56. The summed E-state index contributed by atoms with van der Waals surface area (Å²) >= 11 is 0. The second-order valence-electron chi connectivity index (χ2n) is 8.22. The van der Waals surface area contributed by atoms with Crippen molar-refractivity contribution < 1.29 is 9.53 Å². The lowest BCUT2D eigenvalue weighted by Gasteiger charge is -2.33. The number of anilines is 1. The maximum absolute atomic E-state index is 13.3. The van der Waals surface area contributed by atoms with E-state index in [9.17, 15) is 4.79 Å². The Morgan fingerprint density at radius 1 is 1.03 bits per heavy atom. The molecule has 2 amide bonds. The third kappa shape index (κ3) is 4.69. The van der Waals surface area contributed by atoms with Crippen molar-refractivity contribution in [3.05, 3.63) is 89.6 Å². The van der Waals surface area contributed by atoms with E-state index in [1.807, 2.05) is 59.6 Å². The second kappa shape index (κ2) is 9.73. The van der Waals surface area contributed by atoms with E-state index >= 15 is 0 Å². The Hall–Kier alpha value is -3.54. The molecule has 1 aromatic heterocycles. The van der Waals surface area contributed by atoms with Crippen molar-refractivity contribution in [2.75, 3.05) is 18.6 Å². The molecule has 0 saturated carbocycles. The molecule has 2 atom stereocenters. The summed E-state index contributed by atoms with van der Waals surface area (Å²) in [4.78, 5) is 21.9. The van der Waals surface area contributed by atoms with Gasteiger partial charge in [-0.25, -0.2) is 9.78 Å². The highest BCUT2D eigenvalue weighted by Crippen LogP contribution is 2.35. The van der Waals surface area contributed by atoms with Crippen molar-refractivity contribution in [1.82, 2.24) is 15.2 Å². The summed E-state index contributed by atoms with van der Waals surface area (Å²) in [5.41, 5.74) is 4.49. The molecule has 0 bridgehead atoms. The average molecular weight is 431 g/mol. The molecule has 6 nitrogen and oxygen atoms in total. The van der Waals surface area contributed by atoms with Crippen LogP contribution in [0.3, 0.4) is 0 Å². The van der Waals surface area contributed by atoms with Crippen LogP contribution in [-0.4, -0.2) is 35.6 Å². The maximum Gasteiger partial charge on any atom is 0.318 e. The van der Waals surface area contributed by atoms with Crippen molar-refractivity contribution in [3.8, 4) is 5.88 Å². The fraction of sp³-hybridized carbons (Fsp3) is 0.308. The van der Waals surface area contributed by atoms with Crippen LogP contribution in [0.15, 0.2) is 72.9 Å². The lowest BCUT2D eigenvalue weighted by Crippen LogP contribution is -2.48. The number of amides is 2. The molecular formula is C26H30N4O2. The molecule has 0 aliphatic carbocycles. The molecule has 166 valence electrons. The van der Waals surface area contributed by atoms with Gasteiger partial charge < -0.3 is 19.9 Å². The van der Waals surface area contributed by atoms with Gasteiger partial charge >= 0.3 is 6.03 Å². The molecule has 1 aliphatic heterocycles. The molecule has 4 rings (SSSR count). The lowest BCUT2D eigenvalue weighted by molar-refractivity contribution is 0.158. The first-order valence-electron chi connectivity index (χ1n) is 11.0. The van der Waals surface area contributed by atoms with Gasteiger partial charge in [-0.05, 0) is 36.6 Å². The summed E-state index contributed by atoms with van der Waals surface area (Å²) in [6, 6.07) is 22.2. The first-order chi connectivity index (χ1) is 15.6. The van der Waals surface area contributed by atoms with Crippen LogP contribution in [0.1, 0.15) is 36.6 Å². The Bertz CT molecular complexity index is 1040. The number of pyridine rings is 1. The first kappa shape index (κ1) is 21.7. The maximum atomic E-state index is 13.3. The molecule has 1 aliphatic rings. The molecule has 2 heterocycles. The van der Waals surface area contributed by atoms with E-state index in [1.54, 1.807) is 7.11 Å². The van der Waals surface area contributed by atoms with E-state index in [4.69, 9.17) is 4.74 Å². The quantitative estimate of drug-likeness (QED) is 0.633. The number of urea groups is 1. The molecule has 0 unspecified atom stereocenters. The van der Waals surface area contributed by atoms with Crippen LogP contribution in [0, 0.1) is 0 Å². The molecular weight excluding hydrogens is 400 g/mol. The van der Waals surface area contributed by atoms with Gasteiger partial charge in [-0.3, -0.25) is 0 Å². The van der Waals surface area contributed by atoms with Gasteiger partial charge in [0.15, 0.2) is 0 Å². The molecule has 1 N–H and O–H groups in total. The van der Waals surface area contributed by atoms with E-state index < -0.39 is 0 Å². The SMILES string of the molecule is COc1ccc(CN2C[C@@H](C)N(C(=O)NCc3ccccc3)[C@@H](C)c3ccccc32)cn1. The van der Waals surface area contributed by atoms with Crippen LogP contribution in [0.25, 0.3) is 0 Å². The van der Waals surface area contributed by atoms with Crippen LogP contribution in [0.2, 0.25) is 0 Å². The molecule has 0 fully saturated rings. The average Bonchev–Trinajstić information content (AvgIpc) is 2.93. The predicted molar refractivity (Wildman–Crippen MR) is 127 cm³/mol. The number of hydrogen-bond donors (Lipinski definition) is 1. The van der Waals surface area contributed by atoms with Crippen molar-refractivity contribution in [1.29, 1.82) is 0 Å². The normalized spacial score (nSPS) is 18.0. The highest BCUT2D eigenvalue weighted by atomic mass is 16.5. The van der Waals surface area contributed by atoms with Crippen LogP contribution in [0.4, 0.5) is 10.5 Å². The number of ether oxygens (including phenoxy) is 1. The minimum Gasteiger partial charge on any atom is -0.481 e. The third-order valence-corrected chi connectivity index (χ3v) is 6.01. The molecule has 6 heteroatoms. The number of hydrogen-bond acceptors (Lipinski definition) is 4. The van der Waals surface area contributed by atoms with E-state index in [0.29, 0.717) is 19.0 Å². The number of fused-ring (bicyclic) bond motifs is 1. The Labute approximate surface area is 189 Å². The van der Waals surface area contributed by atoms with Crippen molar-refractivity contribution >= 4 is 11.7 Å². The number of nitrogens with zero attached hydrogens (tertiary/aromatic N) is 3. The topological polar surface area (TPSA) is 57.7 Å².